The van der Waals surface area contributed by atoms with Gasteiger partial charge in [0.1, 0.15) is 5.00 Å². The number of primary amides is 1. The van der Waals surface area contributed by atoms with Gasteiger partial charge in [0.15, 0.2) is 11.5 Å². The molecule has 27 heavy (non-hydrogen) atoms. The molecule has 0 fully saturated rings. The van der Waals surface area contributed by atoms with E-state index in [1.807, 2.05) is 25.1 Å². The second-order valence-corrected chi connectivity index (χ2v) is 7.50. The van der Waals surface area contributed by atoms with Crippen LogP contribution in [0, 0.1) is 0 Å². The summed E-state index contributed by atoms with van der Waals surface area (Å²) in [5.74, 6) is 0.735. The lowest BCUT2D eigenvalue weighted by Gasteiger charge is -2.11. The number of anilines is 1. The zero-order valence-corrected chi connectivity index (χ0v) is 16.4. The van der Waals surface area contributed by atoms with Gasteiger partial charge in [-0.05, 0) is 55.9 Å². The molecule has 0 saturated heterocycles. The average Bonchev–Trinajstić information content (AvgIpc) is 3.21. The first-order valence-electron chi connectivity index (χ1n) is 9.07. The van der Waals surface area contributed by atoms with E-state index in [2.05, 4.69) is 5.32 Å². The Morgan fingerprint density at radius 3 is 2.78 bits per heavy atom. The van der Waals surface area contributed by atoms with E-state index in [1.54, 1.807) is 7.11 Å². The van der Waals surface area contributed by atoms with Crippen LogP contribution in [0.5, 0.6) is 11.5 Å². The molecule has 2 aromatic rings. The number of carbonyl (C=O) groups excluding carboxylic acids is 2. The van der Waals surface area contributed by atoms with Gasteiger partial charge < -0.3 is 20.5 Å². The number of carbonyl (C=O) groups is 2. The van der Waals surface area contributed by atoms with Crippen molar-refractivity contribution in [2.75, 3.05) is 19.0 Å². The molecule has 1 aliphatic carbocycles. The SMILES string of the molecule is CCOc1ccc(CCC(=O)Nc2sc3c(c2C(N)=O)CCC3)cc1OC. The Morgan fingerprint density at radius 1 is 1.26 bits per heavy atom. The standard InChI is InChI=1S/C20H24N2O4S/c1-3-26-14-9-7-12(11-15(14)25-2)8-10-17(23)22-20-18(19(21)24)13-5-4-6-16(13)27-20/h7,9,11H,3-6,8,10H2,1-2H3,(H2,21,24)(H,22,23). The highest BCUT2D eigenvalue weighted by Gasteiger charge is 2.26. The third kappa shape index (κ3) is 4.24. The molecular formula is C20H24N2O4S. The Morgan fingerprint density at radius 2 is 2.07 bits per heavy atom. The summed E-state index contributed by atoms with van der Waals surface area (Å²) in [4.78, 5) is 25.4. The van der Waals surface area contributed by atoms with Crippen molar-refractivity contribution >= 4 is 28.2 Å². The molecule has 1 aromatic heterocycles. The van der Waals surface area contributed by atoms with Crippen molar-refractivity contribution in [1.82, 2.24) is 0 Å². The molecule has 1 heterocycles. The van der Waals surface area contributed by atoms with Crippen molar-refractivity contribution in [1.29, 1.82) is 0 Å². The van der Waals surface area contributed by atoms with Crippen molar-refractivity contribution < 1.29 is 19.1 Å². The fraction of sp³-hybridized carbons (Fsp3) is 0.400. The first-order chi connectivity index (χ1) is 13.0. The first kappa shape index (κ1) is 19.2. The van der Waals surface area contributed by atoms with E-state index in [9.17, 15) is 9.59 Å². The van der Waals surface area contributed by atoms with Gasteiger partial charge in [0.05, 0.1) is 19.3 Å². The minimum atomic E-state index is -0.471. The van der Waals surface area contributed by atoms with E-state index in [1.165, 1.54) is 11.3 Å². The predicted octanol–water partition coefficient (Wildman–Crippen LogP) is 3.31. The van der Waals surface area contributed by atoms with E-state index < -0.39 is 5.91 Å². The number of nitrogens with one attached hydrogen (secondary N) is 1. The van der Waals surface area contributed by atoms with Crippen LogP contribution in [0.2, 0.25) is 0 Å². The Labute approximate surface area is 162 Å². The summed E-state index contributed by atoms with van der Waals surface area (Å²) in [6, 6.07) is 5.66. The van der Waals surface area contributed by atoms with Gasteiger partial charge in [-0.25, -0.2) is 0 Å². The molecule has 0 spiro atoms. The lowest BCUT2D eigenvalue weighted by molar-refractivity contribution is -0.116. The molecule has 0 unspecified atom stereocenters. The summed E-state index contributed by atoms with van der Waals surface area (Å²) in [5, 5.41) is 3.46. The molecule has 144 valence electrons. The van der Waals surface area contributed by atoms with Crippen LogP contribution in [-0.4, -0.2) is 25.5 Å². The minimum Gasteiger partial charge on any atom is -0.493 e. The number of nitrogens with two attached hydrogens (primary N) is 1. The van der Waals surface area contributed by atoms with Crippen molar-refractivity contribution in [3.63, 3.8) is 0 Å². The summed E-state index contributed by atoms with van der Waals surface area (Å²) in [7, 11) is 1.59. The van der Waals surface area contributed by atoms with Gasteiger partial charge in [-0.1, -0.05) is 6.07 Å². The van der Waals surface area contributed by atoms with Crippen molar-refractivity contribution in [2.45, 2.75) is 39.0 Å². The average molecular weight is 388 g/mol. The van der Waals surface area contributed by atoms with Gasteiger partial charge in [-0.3, -0.25) is 9.59 Å². The summed E-state index contributed by atoms with van der Waals surface area (Å²) >= 11 is 1.47. The Kier molecular flexibility index (Phi) is 6.01. The number of ether oxygens (including phenoxy) is 2. The van der Waals surface area contributed by atoms with E-state index in [-0.39, 0.29) is 5.91 Å². The van der Waals surface area contributed by atoms with E-state index in [0.29, 0.717) is 41.5 Å². The molecule has 0 atom stereocenters. The maximum absolute atomic E-state index is 12.4. The summed E-state index contributed by atoms with van der Waals surface area (Å²) in [6.07, 6.45) is 3.70. The van der Waals surface area contributed by atoms with Gasteiger partial charge in [0.25, 0.3) is 5.91 Å². The number of rotatable bonds is 8. The molecule has 6 nitrogen and oxygen atoms in total. The molecule has 3 N–H and O–H groups in total. The van der Waals surface area contributed by atoms with Crippen molar-refractivity contribution in [2.24, 2.45) is 5.73 Å². The van der Waals surface area contributed by atoms with Gasteiger partial charge in [0.2, 0.25) is 5.91 Å². The third-order valence-corrected chi connectivity index (χ3v) is 5.80. The predicted molar refractivity (Wildman–Crippen MR) is 106 cm³/mol. The second kappa shape index (κ2) is 8.43. The number of amides is 2. The minimum absolute atomic E-state index is 0.134. The van der Waals surface area contributed by atoms with Crippen LogP contribution < -0.4 is 20.5 Å². The molecule has 0 radical (unpaired) electrons. The maximum Gasteiger partial charge on any atom is 0.251 e. The number of hydrogen-bond donors (Lipinski definition) is 2. The van der Waals surface area contributed by atoms with Gasteiger partial charge in [-0.15, -0.1) is 11.3 Å². The zero-order valence-electron chi connectivity index (χ0n) is 15.6. The smallest absolute Gasteiger partial charge is 0.251 e. The zero-order chi connectivity index (χ0) is 19.4. The fourth-order valence-electron chi connectivity index (χ4n) is 3.34. The highest BCUT2D eigenvalue weighted by Crippen LogP contribution is 2.39. The number of fused-ring (bicyclic) bond motifs is 1. The third-order valence-electron chi connectivity index (χ3n) is 4.59. The van der Waals surface area contributed by atoms with Crippen molar-refractivity contribution in [3.05, 3.63) is 39.8 Å². The van der Waals surface area contributed by atoms with Crippen LogP contribution in [0.3, 0.4) is 0 Å². The summed E-state index contributed by atoms with van der Waals surface area (Å²) < 4.78 is 10.8. The Balaban J connectivity index is 1.65. The normalized spacial score (nSPS) is 12.5. The summed E-state index contributed by atoms with van der Waals surface area (Å²) in [5.41, 5.74) is 8.02. The molecule has 3 rings (SSSR count). The Bertz CT molecular complexity index is 860. The van der Waals surface area contributed by atoms with Crippen LogP contribution in [0.4, 0.5) is 5.00 Å². The molecular weight excluding hydrogens is 364 g/mol. The van der Waals surface area contributed by atoms with Crippen LogP contribution in [0.1, 0.15) is 46.1 Å². The number of hydrogen-bond acceptors (Lipinski definition) is 5. The maximum atomic E-state index is 12.4. The molecule has 0 saturated carbocycles. The van der Waals surface area contributed by atoms with Gasteiger partial charge in [0, 0.05) is 11.3 Å². The lowest BCUT2D eigenvalue weighted by Crippen LogP contribution is -2.18. The highest BCUT2D eigenvalue weighted by molar-refractivity contribution is 7.17. The number of benzene rings is 1. The van der Waals surface area contributed by atoms with E-state index in [4.69, 9.17) is 15.2 Å². The first-order valence-corrected chi connectivity index (χ1v) is 9.89. The van der Waals surface area contributed by atoms with E-state index in [0.717, 1.165) is 35.3 Å². The van der Waals surface area contributed by atoms with Crippen LogP contribution in [0.15, 0.2) is 18.2 Å². The number of methoxy groups -OCH3 is 1. The van der Waals surface area contributed by atoms with Crippen molar-refractivity contribution in [3.8, 4) is 11.5 Å². The molecule has 0 aliphatic heterocycles. The molecule has 2 amide bonds. The van der Waals surface area contributed by atoms with Crippen LogP contribution >= 0.6 is 11.3 Å². The molecule has 7 heteroatoms. The molecule has 0 bridgehead atoms. The second-order valence-electron chi connectivity index (χ2n) is 6.39. The Hall–Kier alpha value is -2.54. The van der Waals surface area contributed by atoms with Crippen LogP contribution in [0.25, 0.3) is 0 Å². The number of thiophene rings is 1. The monoisotopic (exact) mass is 388 g/mol. The summed E-state index contributed by atoms with van der Waals surface area (Å²) in [6.45, 7) is 2.48. The van der Waals surface area contributed by atoms with Gasteiger partial charge >= 0.3 is 0 Å². The number of aryl methyl sites for hydroxylation is 2. The fourth-order valence-corrected chi connectivity index (χ4v) is 4.65. The quantitative estimate of drug-likeness (QED) is 0.726. The van der Waals surface area contributed by atoms with Crippen LogP contribution in [-0.2, 0) is 24.1 Å². The van der Waals surface area contributed by atoms with E-state index >= 15 is 0 Å². The largest absolute Gasteiger partial charge is 0.493 e. The highest BCUT2D eigenvalue weighted by atomic mass is 32.1. The topological polar surface area (TPSA) is 90.6 Å². The van der Waals surface area contributed by atoms with Gasteiger partial charge in [-0.2, -0.15) is 0 Å². The molecule has 1 aromatic carbocycles. The lowest BCUT2D eigenvalue weighted by atomic mass is 10.1. The molecule has 1 aliphatic rings.